The highest BCUT2D eigenvalue weighted by Gasteiger charge is 2.12. The number of fused-ring (bicyclic) bond motifs is 1. The van der Waals surface area contributed by atoms with Gasteiger partial charge in [0, 0.05) is 12.0 Å². The van der Waals surface area contributed by atoms with Gasteiger partial charge in [-0.05, 0) is 26.0 Å². The monoisotopic (exact) mass is 244 g/mol. The van der Waals surface area contributed by atoms with Gasteiger partial charge in [-0.2, -0.15) is 0 Å². The van der Waals surface area contributed by atoms with Gasteiger partial charge in [0.05, 0.1) is 11.0 Å². The van der Waals surface area contributed by atoms with E-state index >= 15 is 0 Å². The molecule has 0 fully saturated rings. The van der Waals surface area contributed by atoms with E-state index in [1.54, 1.807) is 6.92 Å². The number of nitrogens with zero attached hydrogens (tertiary/aromatic N) is 1. The van der Waals surface area contributed by atoms with Crippen LogP contribution >= 0.6 is 0 Å². The molecule has 1 heterocycles. The van der Waals surface area contributed by atoms with Gasteiger partial charge in [-0.25, -0.2) is 9.78 Å². The zero-order valence-electron chi connectivity index (χ0n) is 10.6. The molecule has 0 aliphatic carbocycles. The Morgan fingerprint density at radius 2 is 2.22 bits per heavy atom. The number of carbonyl (C=O) groups excluding carboxylic acids is 1. The van der Waals surface area contributed by atoms with Crippen molar-refractivity contribution in [1.82, 2.24) is 9.97 Å². The molecule has 1 aromatic heterocycles. The van der Waals surface area contributed by atoms with Crippen molar-refractivity contribution in [2.45, 2.75) is 26.4 Å². The molecule has 1 N–H and O–H groups in total. The standard InChI is InChI=1S/C14H16N2O2/c1-9(2)14(17)18-10(3)8-13-15-11-6-4-5-7-12(11)16-13/h4-7,10H,1,8H2,2-3H3,(H,15,16). The molecule has 4 heteroatoms. The molecule has 0 spiro atoms. The number of hydrogen-bond acceptors (Lipinski definition) is 3. The number of aromatic amines is 1. The molecule has 2 rings (SSSR count). The minimum absolute atomic E-state index is 0.227. The summed E-state index contributed by atoms with van der Waals surface area (Å²) in [6.45, 7) is 7.03. The summed E-state index contributed by atoms with van der Waals surface area (Å²) in [5, 5.41) is 0. The van der Waals surface area contributed by atoms with Crippen molar-refractivity contribution in [3.8, 4) is 0 Å². The molecule has 0 aliphatic rings. The first kappa shape index (κ1) is 12.4. The Hall–Kier alpha value is -2.10. The largest absolute Gasteiger partial charge is 0.459 e. The highest BCUT2D eigenvalue weighted by atomic mass is 16.5. The average molecular weight is 244 g/mol. The number of ether oxygens (including phenoxy) is 1. The van der Waals surface area contributed by atoms with E-state index in [1.807, 2.05) is 31.2 Å². The van der Waals surface area contributed by atoms with Crippen LogP contribution in [-0.4, -0.2) is 22.0 Å². The molecular formula is C14H16N2O2. The second-order valence-corrected chi connectivity index (χ2v) is 4.40. The first-order valence-electron chi connectivity index (χ1n) is 5.86. The highest BCUT2D eigenvalue weighted by molar-refractivity contribution is 5.87. The van der Waals surface area contributed by atoms with E-state index in [-0.39, 0.29) is 12.1 Å². The Bertz CT molecular complexity index is 553. The van der Waals surface area contributed by atoms with Crippen LogP contribution in [0.3, 0.4) is 0 Å². The Labute approximate surface area is 106 Å². The third-order valence-corrected chi connectivity index (χ3v) is 2.58. The summed E-state index contributed by atoms with van der Waals surface area (Å²) in [7, 11) is 0. The van der Waals surface area contributed by atoms with E-state index in [0.717, 1.165) is 16.9 Å². The number of rotatable bonds is 4. The molecule has 0 bridgehead atoms. The Morgan fingerprint density at radius 3 is 2.89 bits per heavy atom. The molecule has 0 saturated heterocycles. The van der Waals surface area contributed by atoms with E-state index in [0.29, 0.717) is 12.0 Å². The Kier molecular flexibility index (Phi) is 3.46. The minimum Gasteiger partial charge on any atom is -0.459 e. The van der Waals surface area contributed by atoms with Crippen LogP contribution in [0.2, 0.25) is 0 Å². The lowest BCUT2D eigenvalue weighted by molar-refractivity contribution is -0.143. The van der Waals surface area contributed by atoms with Crippen LogP contribution in [0.25, 0.3) is 11.0 Å². The van der Waals surface area contributed by atoms with Gasteiger partial charge in [0.25, 0.3) is 0 Å². The number of H-pyrrole nitrogens is 1. The second-order valence-electron chi connectivity index (χ2n) is 4.40. The number of nitrogens with one attached hydrogen (secondary N) is 1. The summed E-state index contributed by atoms with van der Waals surface area (Å²) < 4.78 is 5.21. The normalized spacial score (nSPS) is 12.3. The van der Waals surface area contributed by atoms with Gasteiger partial charge >= 0.3 is 5.97 Å². The number of imidazole rings is 1. The molecule has 0 saturated carbocycles. The average Bonchev–Trinajstić information content (AvgIpc) is 2.70. The van der Waals surface area contributed by atoms with E-state index in [1.165, 1.54) is 0 Å². The molecule has 94 valence electrons. The topological polar surface area (TPSA) is 55.0 Å². The molecule has 2 aromatic rings. The number of hydrogen-bond donors (Lipinski definition) is 1. The zero-order chi connectivity index (χ0) is 13.1. The number of carbonyl (C=O) groups is 1. The fourth-order valence-electron chi connectivity index (χ4n) is 1.70. The lowest BCUT2D eigenvalue weighted by atomic mass is 10.2. The second kappa shape index (κ2) is 5.04. The number of para-hydroxylation sites is 2. The molecule has 1 aromatic carbocycles. The highest BCUT2D eigenvalue weighted by Crippen LogP contribution is 2.12. The zero-order valence-corrected chi connectivity index (χ0v) is 10.6. The fourth-order valence-corrected chi connectivity index (χ4v) is 1.70. The van der Waals surface area contributed by atoms with Gasteiger partial charge in [0.15, 0.2) is 0 Å². The molecular weight excluding hydrogens is 228 g/mol. The third kappa shape index (κ3) is 2.77. The summed E-state index contributed by atoms with van der Waals surface area (Å²) in [6.07, 6.45) is 0.336. The SMILES string of the molecule is C=C(C)C(=O)OC(C)Cc1nc2ccccc2[nH]1. The van der Waals surface area contributed by atoms with Crippen molar-refractivity contribution >= 4 is 17.0 Å². The van der Waals surface area contributed by atoms with Gasteiger partial charge in [-0.3, -0.25) is 0 Å². The Morgan fingerprint density at radius 1 is 1.50 bits per heavy atom. The molecule has 1 atom stereocenters. The van der Waals surface area contributed by atoms with Crippen LogP contribution in [0.4, 0.5) is 0 Å². The fraction of sp³-hybridized carbons (Fsp3) is 0.286. The van der Waals surface area contributed by atoms with Crippen molar-refractivity contribution in [2.24, 2.45) is 0 Å². The smallest absolute Gasteiger partial charge is 0.333 e. The predicted octanol–water partition coefficient (Wildman–Crippen LogP) is 2.61. The molecule has 0 radical (unpaired) electrons. The summed E-state index contributed by atoms with van der Waals surface area (Å²) in [4.78, 5) is 19.0. The van der Waals surface area contributed by atoms with E-state index in [4.69, 9.17) is 4.74 Å². The maximum Gasteiger partial charge on any atom is 0.333 e. The quantitative estimate of drug-likeness (QED) is 0.664. The maximum atomic E-state index is 11.4. The number of benzene rings is 1. The lowest BCUT2D eigenvalue weighted by Gasteiger charge is -2.11. The Balaban J connectivity index is 2.04. The van der Waals surface area contributed by atoms with Crippen molar-refractivity contribution in [1.29, 1.82) is 0 Å². The van der Waals surface area contributed by atoms with Crippen LogP contribution < -0.4 is 0 Å². The van der Waals surface area contributed by atoms with Crippen molar-refractivity contribution in [3.05, 3.63) is 42.2 Å². The molecule has 0 amide bonds. The van der Waals surface area contributed by atoms with E-state index < -0.39 is 0 Å². The van der Waals surface area contributed by atoms with Gasteiger partial charge in [0.1, 0.15) is 11.9 Å². The molecule has 1 unspecified atom stereocenters. The van der Waals surface area contributed by atoms with Crippen LogP contribution in [0.15, 0.2) is 36.4 Å². The predicted molar refractivity (Wildman–Crippen MR) is 70.2 cm³/mol. The summed E-state index contributed by atoms with van der Waals surface area (Å²) in [6, 6.07) is 7.81. The van der Waals surface area contributed by atoms with Crippen molar-refractivity contribution < 1.29 is 9.53 Å². The third-order valence-electron chi connectivity index (χ3n) is 2.58. The van der Waals surface area contributed by atoms with E-state index in [2.05, 4.69) is 16.5 Å². The first-order chi connectivity index (χ1) is 8.56. The van der Waals surface area contributed by atoms with Crippen LogP contribution in [0.1, 0.15) is 19.7 Å². The summed E-state index contributed by atoms with van der Waals surface area (Å²) >= 11 is 0. The lowest BCUT2D eigenvalue weighted by Crippen LogP contribution is -2.18. The number of esters is 1. The van der Waals surface area contributed by atoms with Gasteiger partial charge < -0.3 is 9.72 Å². The van der Waals surface area contributed by atoms with Crippen LogP contribution in [0.5, 0.6) is 0 Å². The maximum absolute atomic E-state index is 11.4. The minimum atomic E-state index is -0.362. The summed E-state index contributed by atoms with van der Waals surface area (Å²) in [5.74, 6) is 0.455. The van der Waals surface area contributed by atoms with Crippen LogP contribution in [-0.2, 0) is 16.0 Å². The van der Waals surface area contributed by atoms with E-state index in [9.17, 15) is 4.79 Å². The van der Waals surface area contributed by atoms with Crippen molar-refractivity contribution in [3.63, 3.8) is 0 Å². The van der Waals surface area contributed by atoms with Gasteiger partial charge in [-0.15, -0.1) is 0 Å². The van der Waals surface area contributed by atoms with Crippen molar-refractivity contribution in [2.75, 3.05) is 0 Å². The van der Waals surface area contributed by atoms with Crippen LogP contribution in [0, 0.1) is 0 Å². The number of aromatic nitrogens is 2. The molecule has 4 nitrogen and oxygen atoms in total. The molecule has 0 aliphatic heterocycles. The van der Waals surface area contributed by atoms with Gasteiger partial charge in [-0.1, -0.05) is 18.7 Å². The van der Waals surface area contributed by atoms with Gasteiger partial charge in [0.2, 0.25) is 0 Å². The molecule has 18 heavy (non-hydrogen) atoms. The first-order valence-corrected chi connectivity index (χ1v) is 5.86. The summed E-state index contributed by atoms with van der Waals surface area (Å²) in [5.41, 5.74) is 2.32.